The van der Waals surface area contributed by atoms with E-state index < -0.39 is 36.2 Å². The van der Waals surface area contributed by atoms with E-state index in [0.717, 1.165) is 12.8 Å². The van der Waals surface area contributed by atoms with Crippen LogP contribution in [0.5, 0.6) is 11.5 Å². The van der Waals surface area contributed by atoms with Crippen LogP contribution in [0.2, 0.25) is 0 Å². The second-order valence-electron chi connectivity index (χ2n) is 8.99. The maximum atomic E-state index is 12.4. The molecule has 0 saturated heterocycles. The van der Waals surface area contributed by atoms with Crippen molar-refractivity contribution in [3.8, 4) is 11.5 Å². The molecular weight excluding hydrogens is 470 g/mol. The lowest BCUT2D eigenvalue weighted by Crippen LogP contribution is -2.37. The van der Waals surface area contributed by atoms with Gasteiger partial charge in [-0.25, -0.2) is 4.79 Å². The van der Waals surface area contributed by atoms with Crippen molar-refractivity contribution in [2.75, 3.05) is 13.7 Å². The number of carbonyl (C=O) groups excluding carboxylic acids is 4. The molecular formula is C26H39NO9. The van der Waals surface area contributed by atoms with Crippen molar-refractivity contribution < 1.29 is 42.9 Å². The fraction of sp³-hybridized carbons (Fsp3) is 0.615. The van der Waals surface area contributed by atoms with E-state index in [1.165, 1.54) is 19.2 Å². The summed E-state index contributed by atoms with van der Waals surface area (Å²) in [6, 6.07) is 3.64. The van der Waals surface area contributed by atoms with Gasteiger partial charge in [0.25, 0.3) is 0 Å². The molecule has 36 heavy (non-hydrogen) atoms. The number of hydrogen-bond acceptors (Lipinski definition) is 10. The van der Waals surface area contributed by atoms with Crippen LogP contribution in [0.1, 0.15) is 65.9 Å². The summed E-state index contributed by atoms with van der Waals surface area (Å²) < 4.78 is 25.3. The molecule has 1 rings (SSSR count). The highest BCUT2D eigenvalue weighted by molar-refractivity contribution is 5.77. The van der Waals surface area contributed by atoms with E-state index in [0.29, 0.717) is 5.56 Å². The number of hydrogen-bond donors (Lipinski definition) is 1. The Morgan fingerprint density at radius 2 is 1.44 bits per heavy atom. The third-order valence-electron chi connectivity index (χ3n) is 5.56. The SMILES string of the molecule is CCC(C)CC(=O)Oc1ccc(C[C@H](N)C(=O)O[C@@H](C)COC(=O)OC)cc1OC(=O)CC(C)CC. The number of ether oxygens (including phenoxy) is 5. The molecule has 0 spiro atoms. The molecule has 0 aliphatic heterocycles. The van der Waals surface area contributed by atoms with Crippen LogP contribution in [0.15, 0.2) is 18.2 Å². The lowest BCUT2D eigenvalue weighted by Gasteiger charge is -2.18. The summed E-state index contributed by atoms with van der Waals surface area (Å²) in [5.41, 5.74) is 6.58. The summed E-state index contributed by atoms with van der Waals surface area (Å²) in [5, 5.41) is 0. The van der Waals surface area contributed by atoms with Gasteiger partial charge in [0.15, 0.2) is 11.5 Å². The fourth-order valence-corrected chi connectivity index (χ4v) is 2.93. The molecule has 0 aliphatic rings. The maximum Gasteiger partial charge on any atom is 0.508 e. The van der Waals surface area contributed by atoms with Crippen molar-refractivity contribution in [3.63, 3.8) is 0 Å². The summed E-state index contributed by atoms with van der Waals surface area (Å²) in [6.07, 6.45) is 0.527. The Labute approximate surface area is 212 Å². The van der Waals surface area contributed by atoms with Crippen LogP contribution in [-0.4, -0.2) is 49.9 Å². The molecule has 2 N–H and O–H groups in total. The molecule has 0 aliphatic carbocycles. The van der Waals surface area contributed by atoms with Gasteiger partial charge in [0.2, 0.25) is 0 Å². The molecule has 0 aromatic heterocycles. The van der Waals surface area contributed by atoms with E-state index in [1.807, 2.05) is 27.7 Å². The average Bonchev–Trinajstić information content (AvgIpc) is 2.83. The normalized spacial score (nSPS) is 14.1. The Bertz CT molecular complexity index is 886. The Balaban J connectivity index is 2.95. The number of methoxy groups -OCH3 is 1. The number of nitrogens with two attached hydrogens (primary N) is 1. The summed E-state index contributed by atoms with van der Waals surface area (Å²) >= 11 is 0. The van der Waals surface area contributed by atoms with Gasteiger partial charge in [0, 0.05) is 12.8 Å². The van der Waals surface area contributed by atoms with Gasteiger partial charge in [-0.05, 0) is 42.9 Å². The first-order valence-electron chi connectivity index (χ1n) is 12.2. The summed E-state index contributed by atoms with van der Waals surface area (Å²) in [7, 11) is 1.17. The smallest absolute Gasteiger partial charge is 0.458 e. The van der Waals surface area contributed by atoms with Crippen LogP contribution in [0.4, 0.5) is 4.79 Å². The molecule has 1 aromatic rings. The summed E-state index contributed by atoms with van der Waals surface area (Å²) in [5.74, 6) is -1.10. The zero-order chi connectivity index (χ0) is 27.3. The molecule has 0 amide bonds. The Hall–Kier alpha value is -3.14. The number of carbonyl (C=O) groups is 4. The lowest BCUT2D eigenvalue weighted by molar-refractivity contribution is -0.152. The molecule has 10 heteroatoms. The minimum Gasteiger partial charge on any atom is -0.458 e. The standard InChI is InChI=1S/C26H39NO9/c1-7-16(3)11-23(28)35-21-10-9-19(14-22(21)36-24(29)12-17(4)8-2)13-20(27)25(30)34-18(5)15-33-26(31)32-6/h9-10,14,16-18,20H,7-8,11-13,15,27H2,1-6H3/t16?,17?,18-,20-/m0/s1. The molecule has 0 bridgehead atoms. The quantitative estimate of drug-likeness (QED) is 0.289. The average molecular weight is 510 g/mol. The van der Waals surface area contributed by atoms with Crippen molar-refractivity contribution in [3.05, 3.63) is 23.8 Å². The van der Waals surface area contributed by atoms with E-state index in [4.69, 9.17) is 24.7 Å². The predicted molar refractivity (Wildman–Crippen MR) is 131 cm³/mol. The minimum absolute atomic E-state index is 0.0699. The second-order valence-corrected chi connectivity index (χ2v) is 8.99. The van der Waals surface area contributed by atoms with E-state index in [2.05, 4.69) is 4.74 Å². The molecule has 1 aromatic carbocycles. The van der Waals surface area contributed by atoms with E-state index in [1.54, 1.807) is 13.0 Å². The first-order valence-corrected chi connectivity index (χ1v) is 12.2. The fourth-order valence-electron chi connectivity index (χ4n) is 2.93. The third-order valence-corrected chi connectivity index (χ3v) is 5.56. The molecule has 0 saturated carbocycles. The lowest BCUT2D eigenvalue weighted by atomic mass is 10.0. The number of rotatable bonds is 14. The van der Waals surface area contributed by atoms with Gasteiger partial charge in [-0.15, -0.1) is 0 Å². The number of benzene rings is 1. The van der Waals surface area contributed by atoms with Gasteiger partial charge >= 0.3 is 24.1 Å². The predicted octanol–water partition coefficient (Wildman–Crippen LogP) is 3.95. The van der Waals surface area contributed by atoms with Crippen molar-refractivity contribution >= 4 is 24.1 Å². The topological polar surface area (TPSA) is 140 Å². The monoisotopic (exact) mass is 509 g/mol. The molecule has 202 valence electrons. The highest BCUT2D eigenvalue weighted by Gasteiger charge is 2.22. The summed E-state index contributed by atoms with van der Waals surface area (Å²) in [6.45, 7) is 9.20. The first kappa shape index (κ1) is 30.9. The van der Waals surface area contributed by atoms with Gasteiger partial charge in [-0.3, -0.25) is 14.4 Å². The molecule has 0 heterocycles. The van der Waals surface area contributed by atoms with Crippen molar-refractivity contribution in [2.45, 2.75) is 78.9 Å². The van der Waals surface area contributed by atoms with Crippen LogP contribution in [-0.2, 0) is 35.0 Å². The Morgan fingerprint density at radius 3 is 1.97 bits per heavy atom. The van der Waals surface area contributed by atoms with Gasteiger partial charge in [0.1, 0.15) is 18.8 Å². The van der Waals surface area contributed by atoms with E-state index in [9.17, 15) is 19.2 Å². The van der Waals surface area contributed by atoms with Crippen LogP contribution >= 0.6 is 0 Å². The Morgan fingerprint density at radius 1 is 0.889 bits per heavy atom. The van der Waals surface area contributed by atoms with E-state index >= 15 is 0 Å². The zero-order valence-corrected chi connectivity index (χ0v) is 22.0. The van der Waals surface area contributed by atoms with Crippen LogP contribution in [0.25, 0.3) is 0 Å². The van der Waals surface area contributed by atoms with Crippen molar-refractivity contribution in [1.29, 1.82) is 0 Å². The van der Waals surface area contributed by atoms with Crippen LogP contribution in [0, 0.1) is 11.8 Å². The van der Waals surface area contributed by atoms with E-state index in [-0.39, 0.29) is 49.2 Å². The minimum atomic E-state index is -1.03. The van der Waals surface area contributed by atoms with Gasteiger partial charge in [-0.1, -0.05) is 46.6 Å². The number of esters is 3. The second kappa shape index (κ2) is 15.8. The molecule has 4 atom stereocenters. The molecule has 0 fully saturated rings. The summed E-state index contributed by atoms with van der Waals surface area (Å²) in [4.78, 5) is 48.2. The maximum absolute atomic E-state index is 12.4. The van der Waals surface area contributed by atoms with Crippen molar-refractivity contribution in [2.24, 2.45) is 17.6 Å². The highest BCUT2D eigenvalue weighted by Crippen LogP contribution is 2.30. The van der Waals surface area contributed by atoms with Gasteiger partial charge in [-0.2, -0.15) is 0 Å². The molecule has 0 radical (unpaired) electrons. The van der Waals surface area contributed by atoms with Crippen LogP contribution in [0.3, 0.4) is 0 Å². The highest BCUT2D eigenvalue weighted by atomic mass is 16.7. The van der Waals surface area contributed by atoms with Crippen LogP contribution < -0.4 is 15.2 Å². The van der Waals surface area contributed by atoms with Gasteiger partial charge in [0.05, 0.1) is 7.11 Å². The van der Waals surface area contributed by atoms with Crippen molar-refractivity contribution in [1.82, 2.24) is 0 Å². The largest absolute Gasteiger partial charge is 0.508 e. The third kappa shape index (κ3) is 11.5. The molecule has 10 nitrogen and oxygen atoms in total. The Kier molecular flexibility index (Phi) is 13.5. The van der Waals surface area contributed by atoms with Gasteiger partial charge < -0.3 is 29.4 Å². The first-order chi connectivity index (χ1) is 17.0. The molecule has 2 unspecified atom stereocenters. The zero-order valence-electron chi connectivity index (χ0n) is 22.0.